The van der Waals surface area contributed by atoms with Crippen molar-refractivity contribution in [2.24, 2.45) is 0 Å². The molecular formula is C42H23N3O. The van der Waals surface area contributed by atoms with E-state index in [2.05, 4.69) is 120 Å². The van der Waals surface area contributed by atoms with Gasteiger partial charge in [0.05, 0.1) is 22.1 Å². The first-order valence-corrected chi connectivity index (χ1v) is 15.6. The first kappa shape index (κ1) is 24.1. The van der Waals surface area contributed by atoms with Crippen molar-refractivity contribution in [3.8, 4) is 39.3 Å². The summed E-state index contributed by atoms with van der Waals surface area (Å²) in [6.45, 7) is 0. The van der Waals surface area contributed by atoms with Gasteiger partial charge in [-0.25, -0.2) is 9.97 Å². The Hall–Kier alpha value is -6.26. The predicted molar refractivity (Wildman–Crippen MR) is 189 cm³/mol. The quantitative estimate of drug-likeness (QED) is 0.192. The molecule has 0 aliphatic carbocycles. The van der Waals surface area contributed by atoms with Crippen LogP contribution >= 0.6 is 0 Å². The summed E-state index contributed by atoms with van der Waals surface area (Å²) in [6, 6.07) is 49.5. The van der Waals surface area contributed by atoms with E-state index in [1.54, 1.807) is 0 Å². The number of nitrogens with zero attached hydrogens (tertiary/aromatic N) is 3. The summed E-state index contributed by atoms with van der Waals surface area (Å²) in [5.41, 5.74) is 12.4. The van der Waals surface area contributed by atoms with E-state index in [0.717, 1.165) is 83.2 Å². The SMILES string of the molecule is c1ccc2c(c1)-c1nc3ccccc3nc1-n1c3ccccc3c3cc(-c4ccc5c(c4)oc4c6ccccc6ccc54)cc-2c31. The molecule has 0 spiro atoms. The Morgan fingerprint density at radius 3 is 2.13 bits per heavy atom. The first-order chi connectivity index (χ1) is 22.8. The Bertz CT molecular complexity index is 2930. The van der Waals surface area contributed by atoms with Crippen molar-refractivity contribution in [1.29, 1.82) is 0 Å². The van der Waals surface area contributed by atoms with Gasteiger partial charge < -0.3 is 4.42 Å². The van der Waals surface area contributed by atoms with Crippen molar-refractivity contribution in [1.82, 2.24) is 14.5 Å². The fourth-order valence-electron chi connectivity index (χ4n) is 7.63. The lowest BCUT2D eigenvalue weighted by atomic mass is 9.92. The van der Waals surface area contributed by atoms with E-state index < -0.39 is 0 Å². The standard InChI is InChI=1S/C42H23N3O/c1-2-10-27-24(9-1)17-20-32-30-19-18-25(23-38(30)46-41(27)32)26-21-33-28-11-3-4-13-31(28)39-42(44-36-15-7-6-14-35(36)43-39)45-37-16-8-5-12-29(37)34(22-26)40(33)45/h1-23H. The molecule has 10 aromatic rings. The smallest absolute Gasteiger partial charge is 0.165 e. The lowest BCUT2D eigenvalue weighted by Gasteiger charge is -2.12. The second-order valence-corrected chi connectivity index (χ2v) is 12.2. The lowest BCUT2D eigenvalue weighted by Crippen LogP contribution is -2.02. The van der Waals surface area contributed by atoms with E-state index in [4.69, 9.17) is 14.4 Å². The summed E-state index contributed by atoms with van der Waals surface area (Å²) >= 11 is 0. The number of rotatable bonds is 1. The zero-order valence-electron chi connectivity index (χ0n) is 24.5. The van der Waals surface area contributed by atoms with E-state index in [1.807, 2.05) is 24.3 Å². The van der Waals surface area contributed by atoms with Gasteiger partial charge in [-0.2, -0.15) is 0 Å². The highest BCUT2D eigenvalue weighted by Crippen LogP contribution is 2.48. The predicted octanol–water partition coefficient (Wildman–Crippen LogP) is 11.1. The molecule has 11 rings (SSSR count). The summed E-state index contributed by atoms with van der Waals surface area (Å²) in [5.74, 6) is 0.861. The molecule has 0 fully saturated rings. The molecule has 0 N–H and O–H groups in total. The van der Waals surface area contributed by atoms with Crippen LogP contribution in [0.3, 0.4) is 0 Å². The number of hydrogen-bond donors (Lipinski definition) is 0. The van der Waals surface area contributed by atoms with E-state index in [9.17, 15) is 0 Å². The molecule has 0 bridgehead atoms. The Morgan fingerprint density at radius 1 is 0.478 bits per heavy atom. The van der Waals surface area contributed by atoms with Crippen LogP contribution in [-0.2, 0) is 0 Å². The highest BCUT2D eigenvalue weighted by atomic mass is 16.3. The minimum atomic E-state index is 0.861. The molecule has 0 unspecified atom stereocenters. The fourth-order valence-corrected chi connectivity index (χ4v) is 7.63. The van der Waals surface area contributed by atoms with Crippen LogP contribution in [0.4, 0.5) is 0 Å². The summed E-state index contributed by atoms with van der Waals surface area (Å²) < 4.78 is 8.92. The van der Waals surface area contributed by atoms with Crippen LogP contribution in [0.5, 0.6) is 0 Å². The van der Waals surface area contributed by atoms with Gasteiger partial charge in [0.25, 0.3) is 0 Å². The molecule has 212 valence electrons. The minimum Gasteiger partial charge on any atom is -0.455 e. The third-order valence-corrected chi connectivity index (χ3v) is 9.70. The summed E-state index contributed by atoms with van der Waals surface area (Å²) in [5, 5.41) is 6.98. The number of furan rings is 1. The largest absolute Gasteiger partial charge is 0.455 e. The summed E-state index contributed by atoms with van der Waals surface area (Å²) in [7, 11) is 0. The van der Waals surface area contributed by atoms with Crippen molar-refractivity contribution >= 4 is 65.6 Å². The normalized spacial score (nSPS) is 12.3. The number of hydrogen-bond acceptors (Lipinski definition) is 3. The summed E-state index contributed by atoms with van der Waals surface area (Å²) in [4.78, 5) is 10.5. The Morgan fingerprint density at radius 2 is 1.22 bits per heavy atom. The van der Waals surface area contributed by atoms with Crippen molar-refractivity contribution in [3.05, 3.63) is 140 Å². The van der Waals surface area contributed by atoms with Crippen LogP contribution in [0.1, 0.15) is 0 Å². The van der Waals surface area contributed by atoms with E-state index in [1.165, 1.54) is 21.7 Å². The maximum atomic E-state index is 6.59. The molecule has 46 heavy (non-hydrogen) atoms. The van der Waals surface area contributed by atoms with Crippen LogP contribution in [0, 0.1) is 0 Å². The molecule has 4 heteroatoms. The van der Waals surface area contributed by atoms with Gasteiger partial charge in [0.15, 0.2) is 5.82 Å². The maximum absolute atomic E-state index is 6.59. The molecule has 1 aliphatic rings. The monoisotopic (exact) mass is 585 g/mol. The molecule has 0 radical (unpaired) electrons. The van der Waals surface area contributed by atoms with Crippen molar-refractivity contribution in [2.45, 2.75) is 0 Å². The third kappa shape index (κ3) is 3.12. The molecule has 4 nitrogen and oxygen atoms in total. The van der Waals surface area contributed by atoms with Crippen LogP contribution < -0.4 is 0 Å². The fraction of sp³-hybridized carbons (Fsp3) is 0. The van der Waals surface area contributed by atoms with Gasteiger partial charge in [-0.05, 0) is 70.6 Å². The zero-order valence-corrected chi connectivity index (χ0v) is 24.5. The second kappa shape index (κ2) is 8.68. The van der Waals surface area contributed by atoms with Crippen molar-refractivity contribution < 1.29 is 4.42 Å². The first-order valence-electron chi connectivity index (χ1n) is 15.6. The Labute approximate surface area is 262 Å². The number of benzene rings is 7. The van der Waals surface area contributed by atoms with Gasteiger partial charge in [-0.15, -0.1) is 0 Å². The Balaban J connectivity index is 1.24. The van der Waals surface area contributed by atoms with Crippen LogP contribution in [0.2, 0.25) is 0 Å². The number of aromatic nitrogens is 3. The molecule has 3 aromatic heterocycles. The number of para-hydroxylation sites is 3. The van der Waals surface area contributed by atoms with Crippen molar-refractivity contribution in [2.75, 3.05) is 0 Å². The summed E-state index contributed by atoms with van der Waals surface area (Å²) in [6.07, 6.45) is 0. The molecule has 4 heterocycles. The second-order valence-electron chi connectivity index (χ2n) is 12.2. The molecule has 0 saturated carbocycles. The minimum absolute atomic E-state index is 0.861. The molecule has 1 aliphatic heterocycles. The van der Waals surface area contributed by atoms with Crippen molar-refractivity contribution in [3.63, 3.8) is 0 Å². The molecule has 7 aromatic carbocycles. The average Bonchev–Trinajstić information content (AvgIpc) is 3.63. The highest BCUT2D eigenvalue weighted by Gasteiger charge is 2.27. The van der Waals surface area contributed by atoms with Crippen LogP contribution in [0.25, 0.3) is 105 Å². The van der Waals surface area contributed by atoms with Gasteiger partial charge in [-0.3, -0.25) is 4.57 Å². The van der Waals surface area contributed by atoms with Gasteiger partial charge in [0, 0.05) is 38.1 Å². The number of fused-ring (bicyclic) bond motifs is 14. The zero-order chi connectivity index (χ0) is 29.9. The van der Waals surface area contributed by atoms with Gasteiger partial charge in [-0.1, -0.05) is 91.0 Å². The van der Waals surface area contributed by atoms with Gasteiger partial charge in [0.1, 0.15) is 16.9 Å². The van der Waals surface area contributed by atoms with Gasteiger partial charge in [0.2, 0.25) is 0 Å². The van der Waals surface area contributed by atoms with Gasteiger partial charge >= 0.3 is 0 Å². The Kier molecular flexibility index (Phi) is 4.55. The molecule has 0 saturated heterocycles. The van der Waals surface area contributed by atoms with Crippen LogP contribution in [-0.4, -0.2) is 14.5 Å². The topological polar surface area (TPSA) is 43.9 Å². The third-order valence-electron chi connectivity index (χ3n) is 9.70. The molecular weight excluding hydrogens is 562 g/mol. The highest BCUT2D eigenvalue weighted by molar-refractivity contribution is 6.18. The average molecular weight is 586 g/mol. The van der Waals surface area contributed by atoms with Crippen LogP contribution in [0.15, 0.2) is 144 Å². The molecule has 0 atom stereocenters. The maximum Gasteiger partial charge on any atom is 0.165 e. The lowest BCUT2D eigenvalue weighted by molar-refractivity contribution is 0.673. The van der Waals surface area contributed by atoms with E-state index in [0.29, 0.717) is 0 Å². The molecule has 0 amide bonds. The van der Waals surface area contributed by atoms with E-state index in [-0.39, 0.29) is 0 Å². The van der Waals surface area contributed by atoms with E-state index >= 15 is 0 Å².